The summed E-state index contributed by atoms with van der Waals surface area (Å²) in [5.41, 5.74) is 4.20. The van der Waals surface area contributed by atoms with Crippen molar-refractivity contribution in [2.45, 2.75) is 40.3 Å². The minimum Gasteiger partial charge on any atom is -0.488 e. The second-order valence-corrected chi connectivity index (χ2v) is 7.40. The number of halogens is 1. The Hall–Kier alpha value is -2.20. The van der Waals surface area contributed by atoms with Crippen LogP contribution in [0.2, 0.25) is 0 Å². The third-order valence-electron chi connectivity index (χ3n) is 4.66. The summed E-state index contributed by atoms with van der Waals surface area (Å²) in [6, 6.07) is 14.3. The Morgan fingerprint density at radius 1 is 1.15 bits per heavy atom. The lowest BCUT2D eigenvalue weighted by Crippen LogP contribution is -2.46. The summed E-state index contributed by atoms with van der Waals surface area (Å²) in [6.07, 6.45) is -0.357. The first-order chi connectivity index (χ1) is 11.9. The molecule has 3 rings (SSSR count). The number of rotatable bonds is 4. The van der Waals surface area contributed by atoms with Crippen LogP contribution in [-0.4, -0.2) is 12.7 Å². The van der Waals surface area contributed by atoms with Gasteiger partial charge in [0.1, 0.15) is 19.0 Å². The van der Waals surface area contributed by atoms with Crippen molar-refractivity contribution in [2.24, 2.45) is 5.41 Å². The monoisotopic (exact) mass is 375 g/mol. The van der Waals surface area contributed by atoms with E-state index in [1.54, 1.807) is 0 Å². The van der Waals surface area contributed by atoms with Crippen molar-refractivity contribution in [1.82, 2.24) is 5.32 Å². The maximum absolute atomic E-state index is 11.7. The van der Waals surface area contributed by atoms with E-state index in [2.05, 4.69) is 43.4 Å². The zero-order valence-electron chi connectivity index (χ0n) is 15.7. The highest BCUT2D eigenvalue weighted by Crippen LogP contribution is 2.38. The van der Waals surface area contributed by atoms with Gasteiger partial charge in [-0.05, 0) is 36.1 Å². The van der Waals surface area contributed by atoms with Gasteiger partial charge in [-0.3, -0.25) is 0 Å². The van der Waals surface area contributed by atoms with Gasteiger partial charge in [0, 0.05) is 5.41 Å². The number of amides is 1. The summed E-state index contributed by atoms with van der Waals surface area (Å²) in [7, 11) is 0. The maximum atomic E-state index is 11.7. The van der Waals surface area contributed by atoms with Gasteiger partial charge < -0.3 is 14.8 Å². The van der Waals surface area contributed by atoms with Crippen LogP contribution in [0, 0.1) is 19.3 Å². The molecule has 1 amide bonds. The highest BCUT2D eigenvalue weighted by Gasteiger charge is 2.38. The van der Waals surface area contributed by atoms with Crippen LogP contribution in [0.1, 0.15) is 42.1 Å². The SMILES string of the molecule is Cc1cc([C@H]2NC(=O)OCC2(C)C)cc(C)c1OCc1ccccc1.Cl. The summed E-state index contributed by atoms with van der Waals surface area (Å²) in [5.74, 6) is 0.906. The molecule has 1 N–H and O–H groups in total. The fraction of sp³-hybridized carbons (Fsp3) is 0.381. The Morgan fingerprint density at radius 3 is 2.38 bits per heavy atom. The Kier molecular flexibility index (Phi) is 6.19. The predicted octanol–water partition coefficient (Wildman–Crippen LogP) is 5.11. The number of nitrogens with one attached hydrogen (secondary N) is 1. The van der Waals surface area contributed by atoms with Gasteiger partial charge >= 0.3 is 6.09 Å². The highest BCUT2D eigenvalue weighted by atomic mass is 35.5. The Balaban J connectivity index is 0.00000243. The van der Waals surface area contributed by atoms with Crippen molar-refractivity contribution in [3.8, 4) is 5.75 Å². The molecule has 0 aliphatic carbocycles. The predicted molar refractivity (Wildman–Crippen MR) is 105 cm³/mol. The van der Waals surface area contributed by atoms with Crippen molar-refractivity contribution in [2.75, 3.05) is 6.61 Å². The van der Waals surface area contributed by atoms with Crippen molar-refractivity contribution >= 4 is 18.5 Å². The van der Waals surface area contributed by atoms with E-state index in [1.807, 2.05) is 32.0 Å². The third kappa shape index (κ3) is 4.31. The summed E-state index contributed by atoms with van der Waals surface area (Å²) >= 11 is 0. The maximum Gasteiger partial charge on any atom is 0.407 e. The molecule has 1 atom stereocenters. The Labute approximate surface area is 161 Å². The molecule has 4 nitrogen and oxygen atoms in total. The van der Waals surface area contributed by atoms with Gasteiger partial charge in [-0.1, -0.05) is 56.3 Å². The van der Waals surface area contributed by atoms with E-state index in [0.29, 0.717) is 13.2 Å². The largest absolute Gasteiger partial charge is 0.488 e. The average molecular weight is 376 g/mol. The summed E-state index contributed by atoms with van der Waals surface area (Å²) < 4.78 is 11.2. The van der Waals surface area contributed by atoms with Crippen molar-refractivity contribution < 1.29 is 14.3 Å². The van der Waals surface area contributed by atoms with Crippen LogP contribution >= 0.6 is 12.4 Å². The third-order valence-corrected chi connectivity index (χ3v) is 4.66. The first-order valence-corrected chi connectivity index (χ1v) is 8.58. The van der Waals surface area contributed by atoms with Crippen molar-refractivity contribution in [1.29, 1.82) is 0 Å². The fourth-order valence-electron chi connectivity index (χ4n) is 3.33. The van der Waals surface area contributed by atoms with Gasteiger partial charge in [-0.2, -0.15) is 0 Å². The van der Waals surface area contributed by atoms with Crippen LogP contribution in [0.15, 0.2) is 42.5 Å². The van der Waals surface area contributed by atoms with E-state index in [0.717, 1.165) is 28.0 Å². The van der Waals surface area contributed by atoms with Gasteiger partial charge in [-0.15, -0.1) is 12.4 Å². The van der Waals surface area contributed by atoms with Gasteiger partial charge in [0.05, 0.1) is 6.04 Å². The van der Waals surface area contributed by atoms with Gasteiger partial charge in [0.2, 0.25) is 0 Å². The van der Waals surface area contributed by atoms with E-state index in [1.165, 1.54) is 0 Å². The molecule has 1 fully saturated rings. The zero-order chi connectivity index (χ0) is 18.0. The van der Waals surface area contributed by atoms with Crippen LogP contribution in [0.5, 0.6) is 5.75 Å². The molecule has 140 valence electrons. The Bertz CT molecular complexity index is 751. The van der Waals surface area contributed by atoms with Crippen LogP contribution in [-0.2, 0) is 11.3 Å². The number of aryl methyl sites for hydroxylation is 2. The molecule has 0 spiro atoms. The minimum absolute atomic E-state index is 0. The number of ether oxygens (including phenoxy) is 2. The van der Waals surface area contributed by atoms with Crippen LogP contribution in [0.3, 0.4) is 0 Å². The van der Waals surface area contributed by atoms with Crippen LogP contribution in [0.25, 0.3) is 0 Å². The molecule has 2 aromatic carbocycles. The average Bonchev–Trinajstić information content (AvgIpc) is 2.57. The molecule has 0 aromatic heterocycles. The lowest BCUT2D eigenvalue weighted by atomic mass is 9.79. The molecule has 26 heavy (non-hydrogen) atoms. The molecule has 0 bridgehead atoms. The first kappa shape index (κ1) is 20.1. The normalized spacial score (nSPS) is 18.3. The van der Waals surface area contributed by atoms with E-state index in [4.69, 9.17) is 9.47 Å². The molecule has 0 saturated carbocycles. The Morgan fingerprint density at radius 2 is 1.77 bits per heavy atom. The van der Waals surface area contributed by atoms with E-state index in [9.17, 15) is 4.79 Å². The molecule has 2 aromatic rings. The van der Waals surface area contributed by atoms with E-state index in [-0.39, 0.29) is 30.0 Å². The van der Waals surface area contributed by atoms with E-state index < -0.39 is 0 Å². The number of hydrogen-bond donors (Lipinski definition) is 1. The standard InChI is InChI=1S/C21H25NO3.ClH/c1-14-10-17(19-21(3,4)13-25-20(23)22-19)11-15(2)18(14)24-12-16-8-6-5-7-9-16;/h5-11,19H,12-13H2,1-4H3,(H,22,23);1H/t19-;/m1./s1. The minimum atomic E-state index is -0.357. The first-order valence-electron chi connectivity index (χ1n) is 8.58. The van der Waals surface area contributed by atoms with Gasteiger partial charge in [0.25, 0.3) is 0 Å². The second-order valence-electron chi connectivity index (χ2n) is 7.40. The molecule has 1 saturated heterocycles. The second kappa shape index (κ2) is 8.00. The lowest BCUT2D eigenvalue weighted by Gasteiger charge is -2.39. The van der Waals surface area contributed by atoms with Crippen molar-refractivity contribution in [3.05, 3.63) is 64.7 Å². The van der Waals surface area contributed by atoms with Crippen molar-refractivity contribution in [3.63, 3.8) is 0 Å². The zero-order valence-corrected chi connectivity index (χ0v) is 16.5. The van der Waals surface area contributed by atoms with Crippen LogP contribution in [0.4, 0.5) is 4.79 Å². The number of cyclic esters (lactones) is 1. The molecule has 1 heterocycles. The molecule has 5 heteroatoms. The topological polar surface area (TPSA) is 47.6 Å². The summed E-state index contributed by atoms with van der Waals surface area (Å²) in [6.45, 7) is 9.24. The molecule has 0 radical (unpaired) electrons. The van der Waals surface area contributed by atoms with Crippen LogP contribution < -0.4 is 10.1 Å². The number of carbonyl (C=O) groups is 1. The quantitative estimate of drug-likeness (QED) is 0.807. The fourth-order valence-corrected chi connectivity index (χ4v) is 3.33. The number of hydrogen-bond acceptors (Lipinski definition) is 3. The molecular formula is C21H26ClNO3. The molecule has 1 aliphatic heterocycles. The number of carbonyl (C=O) groups excluding carboxylic acids is 1. The smallest absolute Gasteiger partial charge is 0.407 e. The van der Waals surface area contributed by atoms with E-state index >= 15 is 0 Å². The van der Waals surface area contributed by atoms with Gasteiger partial charge in [0.15, 0.2) is 0 Å². The molecule has 0 unspecified atom stereocenters. The lowest BCUT2D eigenvalue weighted by molar-refractivity contribution is 0.0387. The highest BCUT2D eigenvalue weighted by molar-refractivity contribution is 5.85. The molecular weight excluding hydrogens is 350 g/mol. The summed E-state index contributed by atoms with van der Waals surface area (Å²) in [5, 5.41) is 2.95. The summed E-state index contributed by atoms with van der Waals surface area (Å²) in [4.78, 5) is 11.7. The number of benzene rings is 2. The van der Waals surface area contributed by atoms with Gasteiger partial charge in [-0.25, -0.2) is 4.79 Å². The number of alkyl carbamates (subject to hydrolysis) is 1. The molecule has 1 aliphatic rings.